The molecule has 0 aliphatic carbocycles. The Kier molecular flexibility index (Phi) is 3.06. The van der Waals surface area contributed by atoms with Gasteiger partial charge in [0.2, 0.25) is 0 Å². The van der Waals surface area contributed by atoms with Crippen LogP contribution in [-0.4, -0.2) is 18.2 Å². The first-order valence-corrected chi connectivity index (χ1v) is 5.73. The molecule has 0 aliphatic rings. The third-order valence-corrected chi connectivity index (χ3v) is 2.65. The molecule has 0 aliphatic heterocycles. The monoisotopic (exact) mass is 222 g/mol. The first-order chi connectivity index (χ1) is 7.35. The number of ether oxygens (including phenoxy) is 2. The second-order valence-corrected chi connectivity index (χ2v) is 3.77. The number of benzene rings is 1. The number of nitrogens with zero attached hydrogens (tertiary/aromatic N) is 1. The highest BCUT2D eigenvalue weighted by molar-refractivity contribution is 7.16. The number of hydrogen-bond donors (Lipinski definition) is 0. The van der Waals surface area contributed by atoms with Crippen LogP contribution in [0.4, 0.5) is 0 Å². The van der Waals surface area contributed by atoms with E-state index in [4.69, 9.17) is 9.47 Å². The lowest BCUT2D eigenvalue weighted by Gasteiger charge is -2.07. The van der Waals surface area contributed by atoms with Crippen LogP contribution in [-0.2, 0) is 0 Å². The van der Waals surface area contributed by atoms with Gasteiger partial charge in [0.1, 0.15) is 17.0 Å². The topological polar surface area (TPSA) is 31.4 Å². The van der Waals surface area contributed by atoms with Crippen LogP contribution >= 0.6 is 11.3 Å². The van der Waals surface area contributed by atoms with Gasteiger partial charge in [-0.25, -0.2) is 4.98 Å². The lowest BCUT2D eigenvalue weighted by atomic mass is 10.3. The molecule has 0 spiro atoms. The molecule has 1 radical (unpaired) electrons. The lowest BCUT2D eigenvalue weighted by molar-refractivity contribution is 0.326. The van der Waals surface area contributed by atoms with Gasteiger partial charge < -0.3 is 9.47 Å². The largest absolute Gasteiger partial charge is 0.494 e. The van der Waals surface area contributed by atoms with Crippen LogP contribution in [0.3, 0.4) is 0 Å². The summed E-state index contributed by atoms with van der Waals surface area (Å²) >= 11 is 1.47. The number of aromatic nitrogens is 1. The van der Waals surface area contributed by atoms with Crippen molar-refractivity contribution in [1.82, 2.24) is 4.98 Å². The van der Waals surface area contributed by atoms with Crippen molar-refractivity contribution in [3.63, 3.8) is 0 Å². The summed E-state index contributed by atoms with van der Waals surface area (Å²) in [4.78, 5) is 4.15. The first kappa shape index (κ1) is 10.2. The van der Waals surface area contributed by atoms with E-state index in [0.29, 0.717) is 13.2 Å². The van der Waals surface area contributed by atoms with Crippen LogP contribution < -0.4 is 9.47 Å². The summed E-state index contributed by atoms with van der Waals surface area (Å²) in [6, 6.07) is 3.85. The third kappa shape index (κ3) is 2.04. The summed E-state index contributed by atoms with van der Waals surface area (Å²) in [5.74, 6) is 1.60. The highest BCUT2D eigenvalue weighted by Gasteiger charge is 2.08. The van der Waals surface area contributed by atoms with Gasteiger partial charge in [0.05, 0.1) is 17.9 Å². The van der Waals surface area contributed by atoms with E-state index >= 15 is 0 Å². The molecule has 2 aromatic rings. The SMILES string of the molecule is CCOc1cc(OCC)c2n[c]sc2c1. The fourth-order valence-corrected chi connectivity index (χ4v) is 2.03. The zero-order valence-corrected chi connectivity index (χ0v) is 9.56. The van der Waals surface area contributed by atoms with Gasteiger partial charge in [-0.15, -0.1) is 11.3 Å². The molecule has 4 heteroatoms. The van der Waals surface area contributed by atoms with Crippen LogP contribution in [0.25, 0.3) is 10.2 Å². The minimum absolute atomic E-state index is 0.627. The van der Waals surface area contributed by atoms with Gasteiger partial charge in [-0.1, -0.05) is 0 Å². The molecule has 1 aromatic heterocycles. The molecule has 0 unspecified atom stereocenters. The van der Waals surface area contributed by atoms with E-state index in [9.17, 15) is 0 Å². The first-order valence-electron chi connectivity index (χ1n) is 4.91. The molecule has 0 saturated heterocycles. The molecule has 0 amide bonds. The van der Waals surface area contributed by atoms with Gasteiger partial charge in [-0.2, -0.15) is 0 Å². The Morgan fingerprint density at radius 2 is 2.07 bits per heavy atom. The molecule has 0 fully saturated rings. The Balaban J connectivity index is 2.48. The van der Waals surface area contributed by atoms with Crippen molar-refractivity contribution in [1.29, 1.82) is 0 Å². The normalized spacial score (nSPS) is 10.5. The molecule has 1 heterocycles. The van der Waals surface area contributed by atoms with E-state index in [-0.39, 0.29) is 0 Å². The van der Waals surface area contributed by atoms with Crippen molar-refractivity contribution in [2.24, 2.45) is 0 Å². The van der Waals surface area contributed by atoms with E-state index in [1.165, 1.54) is 11.3 Å². The molecule has 3 nitrogen and oxygen atoms in total. The summed E-state index contributed by atoms with van der Waals surface area (Å²) in [5.41, 5.74) is 3.73. The van der Waals surface area contributed by atoms with Crippen LogP contribution in [0, 0.1) is 5.51 Å². The molecule has 15 heavy (non-hydrogen) atoms. The van der Waals surface area contributed by atoms with Crippen molar-refractivity contribution >= 4 is 21.6 Å². The van der Waals surface area contributed by atoms with E-state index in [2.05, 4.69) is 10.5 Å². The highest BCUT2D eigenvalue weighted by Crippen LogP contribution is 2.32. The summed E-state index contributed by atoms with van der Waals surface area (Å²) in [7, 11) is 0. The molecule has 1 aromatic carbocycles. The van der Waals surface area contributed by atoms with Crippen LogP contribution in [0.5, 0.6) is 11.5 Å². The summed E-state index contributed by atoms with van der Waals surface area (Å²) in [6.07, 6.45) is 0. The van der Waals surface area contributed by atoms with Crippen molar-refractivity contribution in [3.8, 4) is 11.5 Å². The number of rotatable bonds is 4. The van der Waals surface area contributed by atoms with Crippen molar-refractivity contribution < 1.29 is 9.47 Å². The molecule has 0 saturated carbocycles. The average molecular weight is 222 g/mol. The van der Waals surface area contributed by atoms with Gasteiger partial charge in [0.15, 0.2) is 5.51 Å². The maximum atomic E-state index is 5.51. The van der Waals surface area contributed by atoms with Crippen molar-refractivity contribution in [2.45, 2.75) is 13.8 Å². The minimum atomic E-state index is 0.627. The summed E-state index contributed by atoms with van der Waals surface area (Å²) < 4.78 is 12.0. The second kappa shape index (κ2) is 4.49. The predicted molar refractivity (Wildman–Crippen MR) is 60.8 cm³/mol. The van der Waals surface area contributed by atoms with E-state index < -0.39 is 0 Å². The second-order valence-electron chi connectivity index (χ2n) is 2.94. The van der Waals surface area contributed by atoms with Crippen molar-refractivity contribution in [2.75, 3.05) is 13.2 Å². The van der Waals surface area contributed by atoms with Gasteiger partial charge >= 0.3 is 0 Å². The van der Waals surface area contributed by atoms with Gasteiger partial charge in [-0.05, 0) is 19.9 Å². The van der Waals surface area contributed by atoms with Crippen LogP contribution in [0.1, 0.15) is 13.8 Å². The molecular formula is C11H12NO2S. The number of fused-ring (bicyclic) bond motifs is 1. The Morgan fingerprint density at radius 3 is 2.80 bits per heavy atom. The molecule has 79 valence electrons. The fraction of sp³-hybridized carbons (Fsp3) is 0.364. The van der Waals surface area contributed by atoms with Crippen molar-refractivity contribution in [3.05, 3.63) is 17.6 Å². The Morgan fingerprint density at radius 1 is 1.27 bits per heavy atom. The fourth-order valence-electron chi connectivity index (χ4n) is 1.38. The van der Waals surface area contributed by atoms with Gasteiger partial charge in [0.25, 0.3) is 0 Å². The Bertz CT molecular complexity index is 453. The van der Waals surface area contributed by atoms with Crippen LogP contribution in [0.2, 0.25) is 0 Å². The number of hydrogen-bond acceptors (Lipinski definition) is 4. The summed E-state index contributed by atoms with van der Waals surface area (Å²) in [5, 5.41) is 0. The average Bonchev–Trinajstić information content (AvgIpc) is 2.67. The third-order valence-electron chi connectivity index (χ3n) is 1.94. The molecular weight excluding hydrogens is 210 g/mol. The molecule has 0 atom stereocenters. The van der Waals surface area contributed by atoms with E-state index in [0.717, 1.165) is 21.7 Å². The predicted octanol–water partition coefficient (Wildman–Crippen LogP) is 2.89. The van der Waals surface area contributed by atoms with Gasteiger partial charge in [-0.3, -0.25) is 0 Å². The van der Waals surface area contributed by atoms with Gasteiger partial charge in [0, 0.05) is 6.07 Å². The smallest absolute Gasteiger partial charge is 0.153 e. The summed E-state index contributed by atoms with van der Waals surface area (Å²) in [6.45, 7) is 5.19. The Hall–Kier alpha value is -1.29. The van der Waals surface area contributed by atoms with E-state index in [1.807, 2.05) is 26.0 Å². The van der Waals surface area contributed by atoms with Crippen LogP contribution in [0.15, 0.2) is 12.1 Å². The standard InChI is InChI=1S/C11H12NO2S/c1-3-13-8-5-9(14-4-2)11-10(6-8)15-7-12-11/h5-6H,3-4H2,1-2H3. The zero-order chi connectivity index (χ0) is 10.7. The minimum Gasteiger partial charge on any atom is -0.494 e. The maximum Gasteiger partial charge on any atom is 0.153 e. The highest BCUT2D eigenvalue weighted by atomic mass is 32.1. The zero-order valence-electron chi connectivity index (χ0n) is 8.74. The maximum absolute atomic E-state index is 5.51. The quantitative estimate of drug-likeness (QED) is 0.797. The molecule has 2 rings (SSSR count). The Labute approximate surface area is 92.7 Å². The molecule has 0 bridgehead atoms. The molecule has 0 N–H and O–H groups in total. The van der Waals surface area contributed by atoms with E-state index in [1.54, 1.807) is 0 Å². The lowest BCUT2D eigenvalue weighted by Crippen LogP contribution is -1.95. The number of thiazole rings is 1.